The lowest BCUT2D eigenvalue weighted by Gasteiger charge is -2.16. The minimum absolute atomic E-state index is 0. The minimum atomic E-state index is -4.78. The fraction of sp³-hybridized carbons (Fsp3) is 0.143. The first-order valence-electron chi connectivity index (χ1n) is 8.26. The molecule has 0 bridgehead atoms. The molecule has 28 heavy (non-hydrogen) atoms. The van der Waals surface area contributed by atoms with Gasteiger partial charge >= 0.3 is 6.18 Å². The molecule has 2 nitrogen and oxygen atoms in total. The molecule has 0 aliphatic rings. The van der Waals surface area contributed by atoms with Gasteiger partial charge in [-0.25, -0.2) is 4.39 Å². The third kappa shape index (κ3) is 4.82. The van der Waals surface area contributed by atoms with Gasteiger partial charge in [0.2, 0.25) is 0 Å². The van der Waals surface area contributed by atoms with Gasteiger partial charge in [0.25, 0.3) is 0 Å². The van der Waals surface area contributed by atoms with Crippen molar-refractivity contribution in [2.24, 2.45) is 5.73 Å². The molecule has 0 saturated heterocycles. The predicted octanol–water partition coefficient (Wildman–Crippen LogP) is 5.97. The van der Waals surface area contributed by atoms with Crippen LogP contribution in [0.25, 0.3) is 11.1 Å². The van der Waals surface area contributed by atoms with Crippen molar-refractivity contribution in [3.63, 3.8) is 0 Å². The van der Waals surface area contributed by atoms with E-state index in [1.54, 1.807) is 12.1 Å². The molecule has 0 amide bonds. The van der Waals surface area contributed by atoms with Crippen LogP contribution in [0.2, 0.25) is 0 Å². The van der Waals surface area contributed by atoms with Crippen molar-refractivity contribution in [2.45, 2.75) is 19.3 Å². The molecule has 0 aromatic heterocycles. The Balaban J connectivity index is 0.00000280. The van der Waals surface area contributed by atoms with E-state index < -0.39 is 17.6 Å². The summed E-state index contributed by atoms with van der Waals surface area (Å²) in [4.78, 5) is 0. The number of hydrogen-bond donors (Lipinski definition) is 1. The molecule has 0 spiro atoms. The van der Waals surface area contributed by atoms with E-state index in [2.05, 4.69) is 0 Å². The van der Waals surface area contributed by atoms with Crippen molar-refractivity contribution in [3.8, 4) is 16.9 Å². The Hall–Kier alpha value is -2.57. The highest BCUT2D eigenvalue weighted by Gasteiger charge is 2.35. The summed E-state index contributed by atoms with van der Waals surface area (Å²) < 4.78 is 59.5. The molecule has 7 heteroatoms. The first-order chi connectivity index (χ1) is 12.9. The van der Waals surface area contributed by atoms with E-state index in [-0.39, 0.29) is 42.4 Å². The van der Waals surface area contributed by atoms with Crippen molar-refractivity contribution in [1.29, 1.82) is 0 Å². The number of rotatable bonds is 5. The van der Waals surface area contributed by atoms with Crippen LogP contribution >= 0.6 is 12.4 Å². The van der Waals surface area contributed by atoms with Crippen molar-refractivity contribution in [1.82, 2.24) is 0 Å². The van der Waals surface area contributed by atoms with E-state index in [0.717, 1.165) is 17.2 Å². The lowest BCUT2D eigenvalue weighted by molar-refractivity contribution is -0.139. The average molecular weight is 412 g/mol. The average Bonchev–Trinajstić information content (AvgIpc) is 2.66. The SMILES string of the molecule is Cl.NCc1ccc(-c2cccc(C(F)(F)F)c2F)c(OCc2ccccc2)c1. The van der Waals surface area contributed by atoms with Crippen LogP contribution in [0.15, 0.2) is 66.7 Å². The Bertz CT molecular complexity index is 929. The van der Waals surface area contributed by atoms with E-state index in [4.69, 9.17) is 10.5 Å². The standard InChI is InChI=1S/C21H17F4NO.ClH/c22-20-17(7-4-8-18(20)21(23,24)25)16-10-9-15(12-26)11-19(16)27-13-14-5-2-1-3-6-14;/h1-11H,12-13,26H2;1H. The number of nitrogens with two attached hydrogens (primary N) is 1. The molecule has 0 aliphatic heterocycles. The van der Waals surface area contributed by atoms with Crippen molar-refractivity contribution >= 4 is 12.4 Å². The summed E-state index contributed by atoms with van der Waals surface area (Å²) in [5.41, 5.74) is 6.02. The zero-order valence-corrected chi connectivity index (χ0v) is 15.5. The van der Waals surface area contributed by atoms with Gasteiger partial charge in [0, 0.05) is 17.7 Å². The van der Waals surface area contributed by atoms with Crippen LogP contribution in [0, 0.1) is 5.82 Å². The van der Waals surface area contributed by atoms with Gasteiger partial charge < -0.3 is 10.5 Å². The highest BCUT2D eigenvalue weighted by Crippen LogP contribution is 2.39. The first kappa shape index (κ1) is 21.7. The van der Waals surface area contributed by atoms with Crippen molar-refractivity contribution in [3.05, 3.63) is 89.2 Å². The molecular weight excluding hydrogens is 394 g/mol. The maximum absolute atomic E-state index is 14.6. The fourth-order valence-corrected chi connectivity index (χ4v) is 2.73. The normalized spacial score (nSPS) is 11.0. The van der Waals surface area contributed by atoms with Crippen LogP contribution in [0.4, 0.5) is 17.6 Å². The van der Waals surface area contributed by atoms with Crippen LogP contribution in [0.3, 0.4) is 0 Å². The largest absolute Gasteiger partial charge is 0.488 e. The summed E-state index contributed by atoms with van der Waals surface area (Å²) in [5, 5.41) is 0. The third-order valence-electron chi connectivity index (χ3n) is 4.11. The van der Waals surface area contributed by atoms with Gasteiger partial charge in [-0.05, 0) is 23.3 Å². The van der Waals surface area contributed by atoms with Gasteiger partial charge in [-0.15, -0.1) is 12.4 Å². The van der Waals surface area contributed by atoms with E-state index in [1.165, 1.54) is 18.2 Å². The number of ether oxygens (including phenoxy) is 1. The number of halogens is 5. The summed E-state index contributed by atoms with van der Waals surface area (Å²) in [7, 11) is 0. The zero-order valence-electron chi connectivity index (χ0n) is 14.7. The molecule has 0 heterocycles. The Kier molecular flexibility index (Phi) is 7.05. The fourth-order valence-electron chi connectivity index (χ4n) is 2.73. The van der Waals surface area contributed by atoms with Crippen LogP contribution in [-0.2, 0) is 19.3 Å². The summed E-state index contributed by atoms with van der Waals surface area (Å²) >= 11 is 0. The predicted molar refractivity (Wildman–Crippen MR) is 103 cm³/mol. The topological polar surface area (TPSA) is 35.2 Å². The maximum atomic E-state index is 14.6. The Morgan fingerprint density at radius 2 is 1.54 bits per heavy atom. The lowest BCUT2D eigenvalue weighted by atomic mass is 9.99. The Morgan fingerprint density at radius 1 is 0.821 bits per heavy atom. The first-order valence-corrected chi connectivity index (χ1v) is 8.26. The van der Waals surface area contributed by atoms with Gasteiger partial charge in [0.1, 0.15) is 18.2 Å². The molecule has 0 unspecified atom stereocenters. The zero-order chi connectivity index (χ0) is 19.4. The molecule has 148 valence electrons. The maximum Gasteiger partial charge on any atom is 0.419 e. The van der Waals surface area contributed by atoms with Crippen LogP contribution in [-0.4, -0.2) is 0 Å². The number of alkyl halides is 3. The van der Waals surface area contributed by atoms with Crippen LogP contribution in [0.5, 0.6) is 5.75 Å². The van der Waals surface area contributed by atoms with Crippen molar-refractivity contribution in [2.75, 3.05) is 0 Å². The van der Waals surface area contributed by atoms with Gasteiger partial charge in [-0.2, -0.15) is 13.2 Å². The second-order valence-electron chi connectivity index (χ2n) is 5.97. The molecule has 0 radical (unpaired) electrons. The molecule has 0 fully saturated rings. The van der Waals surface area contributed by atoms with E-state index in [0.29, 0.717) is 0 Å². The summed E-state index contributed by atoms with van der Waals surface area (Å²) in [6.45, 7) is 0.426. The lowest BCUT2D eigenvalue weighted by Crippen LogP contribution is -2.09. The van der Waals surface area contributed by atoms with E-state index >= 15 is 0 Å². The number of benzene rings is 3. The molecule has 0 atom stereocenters. The van der Waals surface area contributed by atoms with Crippen molar-refractivity contribution < 1.29 is 22.3 Å². The second-order valence-corrected chi connectivity index (χ2v) is 5.97. The van der Waals surface area contributed by atoms with Gasteiger partial charge in [-0.3, -0.25) is 0 Å². The van der Waals surface area contributed by atoms with Gasteiger partial charge in [0.15, 0.2) is 0 Å². The van der Waals surface area contributed by atoms with Crippen LogP contribution < -0.4 is 10.5 Å². The molecule has 3 rings (SSSR count). The van der Waals surface area contributed by atoms with Gasteiger partial charge in [0.05, 0.1) is 5.56 Å². The molecule has 3 aromatic rings. The van der Waals surface area contributed by atoms with E-state index in [9.17, 15) is 17.6 Å². The molecule has 0 saturated carbocycles. The second kappa shape index (κ2) is 9.08. The molecule has 0 aliphatic carbocycles. The smallest absolute Gasteiger partial charge is 0.419 e. The number of hydrogen-bond acceptors (Lipinski definition) is 2. The highest BCUT2D eigenvalue weighted by molar-refractivity contribution is 5.85. The Labute approximate surface area is 166 Å². The van der Waals surface area contributed by atoms with E-state index in [1.807, 2.05) is 30.3 Å². The van der Waals surface area contributed by atoms with Crippen LogP contribution in [0.1, 0.15) is 16.7 Å². The summed E-state index contributed by atoms with van der Waals surface area (Å²) in [5.74, 6) is -1.05. The Morgan fingerprint density at radius 3 is 2.18 bits per heavy atom. The molecule has 3 aromatic carbocycles. The third-order valence-corrected chi connectivity index (χ3v) is 4.11. The molecule has 2 N–H and O–H groups in total. The monoisotopic (exact) mass is 411 g/mol. The summed E-state index contributed by atoms with van der Waals surface area (Å²) in [6.07, 6.45) is -4.78. The molecular formula is C21H18ClF4NO. The van der Waals surface area contributed by atoms with Gasteiger partial charge in [-0.1, -0.05) is 54.6 Å². The quantitative estimate of drug-likeness (QED) is 0.525. The summed E-state index contributed by atoms with van der Waals surface area (Å²) in [6, 6.07) is 17.3. The minimum Gasteiger partial charge on any atom is -0.488 e. The highest BCUT2D eigenvalue weighted by atomic mass is 35.5.